The second-order valence-corrected chi connectivity index (χ2v) is 5.28. The molecule has 23 heavy (non-hydrogen) atoms. The first-order valence-corrected chi connectivity index (χ1v) is 7.61. The molecule has 0 saturated heterocycles. The minimum Gasteiger partial charge on any atom is -0.483 e. The van der Waals surface area contributed by atoms with Gasteiger partial charge >= 0.3 is 5.97 Å². The number of hydrazine groups is 1. The molecule has 0 spiro atoms. The number of ether oxygens (including phenoxy) is 2. The van der Waals surface area contributed by atoms with E-state index in [0.29, 0.717) is 15.2 Å². The van der Waals surface area contributed by atoms with Gasteiger partial charge in [0.25, 0.3) is 11.8 Å². The number of nitrogens with one attached hydrogen (secondary N) is 2. The van der Waals surface area contributed by atoms with Gasteiger partial charge in [-0.25, -0.2) is 4.79 Å². The lowest BCUT2D eigenvalue weighted by Crippen LogP contribution is -2.43. The predicted molar refractivity (Wildman–Crippen MR) is 86.7 cm³/mol. The Kier molecular flexibility index (Phi) is 8.14. The van der Waals surface area contributed by atoms with Crippen molar-refractivity contribution in [3.8, 4) is 5.75 Å². The Labute approximate surface area is 146 Å². The van der Waals surface area contributed by atoms with Crippen LogP contribution in [0.2, 0.25) is 5.02 Å². The van der Waals surface area contributed by atoms with Gasteiger partial charge in [-0.3, -0.25) is 20.4 Å². The molecule has 0 heterocycles. The Bertz CT molecular complexity index is 621. The number of rotatable bonds is 6. The SMILES string of the molecule is CCOC(=O)/C=C/C(=O)NNC(=O)COc1ccc(Cl)cc1Br. The summed E-state index contributed by atoms with van der Waals surface area (Å²) in [5.74, 6) is -1.48. The first-order valence-electron chi connectivity index (χ1n) is 6.44. The van der Waals surface area contributed by atoms with Crippen molar-refractivity contribution < 1.29 is 23.9 Å². The smallest absolute Gasteiger partial charge is 0.330 e. The molecule has 0 bridgehead atoms. The number of hydrogen-bond donors (Lipinski definition) is 2. The highest BCUT2D eigenvalue weighted by Gasteiger charge is 2.07. The Morgan fingerprint density at radius 2 is 2.00 bits per heavy atom. The standard InChI is InChI=1S/C14H14BrClN2O5/c1-2-22-14(21)6-5-12(19)17-18-13(20)8-23-11-4-3-9(16)7-10(11)15/h3-7H,2,8H2,1H3,(H,17,19)(H,18,20)/b6-5+. The van der Waals surface area contributed by atoms with Crippen LogP contribution in [-0.4, -0.2) is 31.0 Å². The van der Waals surface area contributed by atoms with Crippen LogP contribution in [0.1, 0.15) is 6.92 Å². The van der Waals surface area contributed by atoms with Crippen LogP contribution < -0.4 is 15.6 Å². The molecule has 0 unspecified atom stereocenters. The van der Waals surface area contributed by atoms with E-state index >= 15 is 0 Å². The molecule has 0 aliphatic carbocycles. The molecule has 7 nitrogen and oxygen atoms in total. The lowest BCUT2D eigenvalue weighted by molar-refractivity contribution is -0.137. The van der Waals surface area contributed by atoms with Crippen molar-refractivity contribution in [1.82, 2.24) is 10.9 Å². The van der Waals surface area contributed by atoms with Crippen molar-refractivity contribution in [1.29, 1.82) is 0 Å². The second-order valence-electron chi connectivity index (χ2n) is 3.99. The number of esters is 1. The Morgan fingerprint density at radius 3 is 2.65 bits per heavy atom. The lowest BCUT2D eigenvalue weighted by Gasteiger charge is -2.09. The zero-order valence-corrected chi connectivity index (χ0v) is 14.4. The van der Waals surface area contributed by atoms with E-state index in [1.807, 2.05) is 0 Å². The summed E-state index contributed by atoms with van der Waals surface area (Å²) >= 11 is 9.03. The molecular formula is C14H14BrClN2O5. The van der Waals surface area contributed by atoms with E-state index in [9.17, 15) is 14.4 Å². The van der Waals surface area contributed by atoms with Gasteiger partial charge in [-0.05, 0) is 41.1 Å². The summed E-state index contributed by atoms with van der Waals surface area (Å²) in [7, 11) is 0. The molecule has 1 aromatic rings. The third-order valence-corrected chi connectivity index (χ3v) is 3.09. The molecule has 2 amide bonds. The summed E-state index contributed by atoms with van der Waals surface area (Å²) in [5.41, 5.74) is 4.23. The van der Waals surface area contributed by atoms with Crippen molar-refractivity contribution >= 4 is 45.3 Å². The molecule has 0 saturated carbocycles. The van der Waals surface area contributed by atoms with Crippen molar-refractivity contribution in [2.24, 2.45) is 0 Å². The maximum absolute atomic E-state index is 11.5. The summed E-state index contributed by atoms with van der Waals surface area (Å²) in [4.78, 5) is 33.9. The molecular weight excluding hydrogens is 392 g/mol. The number of carbonyl (C=O) groups excluding carboxylic acids is 3. The fourth-order valence-electron chi connectivity index (χ4n) is 1.28. The van der Waals surface area contributed by atoms with Gasteiger partial charge in [0.1, 0.15) is 5.75 Å². The summed E-state index contributed by atoms with van der Waals surface area (Å²) in [5, 5.41) is 0.523. The molecule has 1 rings (SSSR count). The molecule has 0 aliphatic heterocycles. The monoisotopic (exact) mass is 404 g/mol. The number of carbonyl (C=O) groups is 3. The first-order chi connectivity index (χ1) is 10.9. The van der Waals surface area contributed by atoms with E-state index in [0.717, 1.165) is 12.2 Å². The van der Waals surface area contributed by atoms with Crippen molar-refractivity contribution in [2.45, 2.75) is 6.92 Å². The van der Waals surface area contributed by atoms with Gasteiger partial charge < -0.3 is 9.47 Å². The molecule has 1 aromatic carbocycles. The van der Waals surface area contributed by atoms with Crippen LogP contribution in [0.4, 0.5) is 0 Å². The molecule has 124 valence electrons. The molecule has 0 atom stereocenters. The van der Waals surface area contributed by atoms with E-state index < -0.39 is 17.8 Å². The average Bonchev–Trinajstić information content (AvgIpc) is 2.50. The lowest BCUT2D eigenvalue weighted by atomic mass is 10.3. The van der Waals surface area contributed by atoms with Crippen molar-refractivity contribution in [3.63, 3.8) is 0 Å². The zero-order chi connectivity index (χ0) is 17.2. The molecule has 0 aliphatic rings. The number of amides is 2. The summed E-state index contributed by atoms with van der Waals surface area (Å²) in [6.45, 7) is 1.53. The van der Waals surface area contributed by atoms with Gasteiger partial charge in [0.05, 0.1) is 11.1 Å². The van der Waals surface area contributed by atoms with E-state index in [1.54, 1.807) is 25.1 Å². The predicted octanol–water partition coefficient (Wildman–Crippen LogP) is 1.75. The molecule has 9 heteroatoms. The van der Waals surface area contributed by atoms with Crippen LogP contribution in [0.3, 0.4) is 0 Å². The van der Waals surface area contributed by atoms with Gasteiger partial charge in [-0.1, -0.05) is 11.6 Å². The van der Waals surface area contributed by atoms with E-state index in [4.69, 9.17) is 16.3 Å². The van der Waals surface area contributed by atoms with Crippen LogP contribution in [0.15, 0.2) is 34.8 Å². The number of benzene rings is 1. The van der Waals surface area contributed by atoms with Crippen LogP contribution in [0, 0.1) is 0 Å². The Balaban J connectivity index is 2.34. The van der Waals surface area contributed by atoms with Crippen LogP contribution >= 0.6 is 27.5 Å². The fraction of sp³-hybridized carbons (Fsp3) is 0.214. The third kappa shape index (κ3) is 7.66. The van der Waals surface area contributed by atoms with Gasteiger partial charge in [0.15, 0.2) is 6.61 Å². The highest BCUT2D eigenvalue weighted by Crippen LogP contribution is 2.27. The summed E-state index contributed by atoms with van der Waals surface area (Å²) < 4.78 is 10.4. The topological polar surface area (TPSA) is 93.7 Å². The average molecular weight is 406 g/mol. The Hall–Kier alpha value is -2.06. The number of hydrogen-bond acceptors (Lipinski definition) is 5. The van der Waals surface area contributed by atoms with Crippen LogP contribution in [0.25, 0.3) is 0 Å². The van der Waals surface area contributed by atoms with Gasteiger partial charge in [-0.2, -0.15) is 0 Å². The van der Waals surface area contributed by atoms with Crippen molar-refractivity contribution in [3.05, 3.63) is 39.8 Å². The maximum atomic E-state index is 11.5. The maximum Gasteiger partial charge on any atom is 0.330 e. The minimum absolute atomic E-state index is 0.207. The molecule has 0 fully saturated rings. The van der Waals surface area contributed by atoms with Gasteiger partial charge in [0.2, 0.25) is 0 Å². The second kappa shape index (κ2) is 9.86. The molecule has 0 radical (unpaired) electrons. The highest BCUT2D eigenvalue weighted by molar-refractivity contribution is 9.10. The number of halogens is 2. The first kappa shape index (κ1) is 19.0. The van der Waals surface area contributed by atoms with E-state index in [2.05, 4.69) is 31.5 Å². The van der Waals surface area contributed by atoms with Crippen LogP contribution in [0.5, 0.6) is 5.75 Å². The zero-order valence-electron chi connectivity index (χ0n) is 12.1. The highest BCUT2D eigenvalue weighted by atomic mass is 79.9. The largest absolute Gasteiger partial charge is 0.483 e. The minimum atomic E-state index is -0.681. The Morgan fingerprint density at radius 1 is 1.26 bits per heavy atom. The quantitative estimate of drug-likeness (QED) is 0.427. The van der Waals surface area contributed by atoms with Gasteiger partial charge in [0, 0.05) is 17.2 Å². The summed E-state index contributed by atoms with van der Waals surface area (Å²) in [6, 6.07) is 4.83. The van der Waals surface area contributed by atoms with Crippen molar-refractivity contribution in [2.75, 3.05) is 13.2 Å². The van der Waals surface area contributed by atoms with E-state index in [-0.39, 0.29) is 13.2 Å². The van der Waals surface area contributed by atoms with E-state index in [1.165, 1.54) is 0 Å². The fourth-order valence-corrected chi connectivity index (χ4v) is 2.08. The molecule has 2 N–H and O–H groups in total. The normalized spacial score (nSPS) is 10.2. The van der Waals surface area contributed by atoms with Crippen LogP contribution in [-0.2, 0) is 19.1 Å². The molecule has 0 aromatic heterocycles. The van der Waals surface area contributed by atoms with Gasteiger partial charge in [-0.15, -0.1) is 0 Å². The summed E-state index contributed by atoms with van der Waals surface area (Å²) in [6.07, 6.45) is 1.89. The third-order valence-electron chi connectivity index (χ3n) is 2.24.